The number of aliphatic hydroxyl groups excluding tert-OH is 2. The summed E-state index contributed by atoms with van der Waals surface area (Å²) in [5.74, 6) is -0.146. The molecule has 0 aromatic carbocycles. The monoisotopic (exact) mass is 517 g/mol. The minimum atomic E-state index is -0.881. The van der Waals surface area contributed by atoms with E-state index in [1.54, 1.807) is 6.08 Å². The van der Waals surface area contributed by atoms with Crippen LogP contribution < -0.4 is 5.32 Å². The van der Waals surface area contributed by atoms with Crippen LogP contribution >= 0.6 is 0 Å². The summed E-state index contributed by atoms with van der Waals surface area (Å²) in [4.78, 5) is 12.2. The summed E-state index contributed by atoms with van der Waals surface area (Å²) < 4.78 is 0. The van der Waals surface area contributed by atoms with Crippen LogP contribution in [0.15, 0.2) is 48.6 Å². The van der Waals surface area contributed by atoms with E-state index in [1.165, 1.54) is 77.0 Å². The fraction of sp³-hybridized carbons (Fsp3) is 0.727. The quantitative estimate of drug-likeness (QED) is 0.0795. The lowest BCUT2D eigenvalue weighted by molar-refractivity contribution is -0.122. The summed E-state index contributed by atoms with van der Waals surface area (Å²) in [6.07, 6.45) is 37.6. The fourth-order valence-corrected chi connectivity index (χ4v) is 4.12. The number of aliphatic hydroxyl groups is 2. The lowest BCUT2D eigenvalue weighted by Crippen LogP contribution is -2.45. The summed E-state index contributed by atoms with van der Waals surface area (Å²) >= 11 is 0. The van der Waals surface area contributed by atoms with Gasteiger partial charge in [0.05, 0.1) is 18.8 Å². The second kappa shape index (κ2) is 28.9. The van der Waals surface area contributed by atoms with Gasteiger partial charge in [-0.1, -0.05) is 127 Å². The summed E-state index contributed by atoms with van der Waals surface area (Å²) in [5.41, 5.74) is 0. The first-order valence-electron chi connectivity index (χ1n) is 15.4. The molecule has 0 aliphatic rings. The fourth-order valence-electron chi connectivity index (χ4n) is 4.12. The summed E-state index contributed by atoms with van der Waals surface area (Å²) in [6, 6.07) is -0.666. The molecule has 0 bridgehead atoms. The van der Waals surface area contributed by atoms with Crippen LogP contribution in [0.2, 0.25) is 0 Å². The van der Waals surface area contributed by atoms with Gasteiger partial charge in [-0.2, -0.15) is 0 Å². The van der Waals surface area contributed by atoms with Crippen molar-refractivity contribution >= 4 is 5.91 Å². The molecule has 2 atom stereocenters. The molecular weight excluding hydrogens is 458 g/mol. The molecule has 0 heterocycles. The van der Waals surface area contributed by atoms with E-state index in [-0.39, 0.29) is 12.5 Å². The van der Waals surface area contributed by atoms with Crippen LogP contribution in [0.4, 0.5) is 0 Å². The van der Waals surface area contributed by atoms with Gasteiger partial charge in [0.25, 0.3) is 0 Å². The number of allylic oxidation sites excluding steroid dienone is 7. The largest absolute Gasteiger partial charge is 0.394 e. The van der Waals surface area contributed by atoms with Gasteiger partial charge in [0, 0.05) is 6.42 Å². The molecule has 0 saturated carbocycles. The van der Waals surface area contributed by atoms with Crippen molar-refractivity contribution in [2.45, 2.75) is 148 Å². The summed E-state index contributed by atoms with van der Waals surface area (Å²) in [6.45, 7) is 4.21. The molecule has 0 aromatic heterocycles. The van der Waals surface area contributed by atoms with E-state index in [0.29, 0.717) is 12.8 Å². The van der Waals surface area contributed by atoms with E-state index in [1.807, 2.05) is 12.2 Å². The number of nitrogens with one attached hydrogen (secondary N) is 1. The van der Waals surface area contributed by atoms with Crippen molar-refractivity contribution in [1.82, 2.24) is 5.32 Å². The van der Waals surface area contributed by atoms with Crippen LogP contribution in [-0.4, -0.2) is 34.9 Å². The van der Waals surface area contributed by atoms with Gasteiger partial charge in [0.15, 0.2) is 0 Å². The van der Waals surface area contributed by atoms with Gasteiger partial charge >= 0.3 is 0 Å². The predicted molar refractivity (Wildman–Crippen MR) is 161 cm³/mol. The zero-order valence-electron chi connectivity index (χ0n) is 24.2. The lowest BCUT2D eigenvalue weighted by Gasteiger charge is -2.19. The Morgan fingerprint density at radius 2 is 1.14 bits per heavy atom. The first-order chi connectivity index (χ1) is 18.2. The van der Waals surface area contributed by atoms with Crippen molar-refractivity contribution in [2.24, 2.45) is 0 Å². The molecule has 0 radical (unpaired) electrons. The topological polar surface area (TPSA) is 69.6 Å². The smallest absolute Gasteiger partial charge is 0.220 e. The predicted octanol–water partition coefficient (Wildman–Crippen LogP) is 8.50. The van der Waals surface area contributed by atoms with Gasteiger partial charge in [0.2, 0.25) is 5.91 Å². The van der Waals surface area contributed by atoms with Crippen LogP contribution in [0.1, 0.15) is 136 Å². The van der Waals surface area contributed by atoms with Gasteiger partial charge in [-0.05, 0) is 51.4 Å². The number of carbonyl (C=O) groups excluding carboxylic acids is 1. The van der Waals surface area contributed by atoms with Gasteiger partial charge < -0.3 is 15.5 Å². The Morgan fingerprint density at radius 1 is 0.649 bits per heavy atom. The van der Waals surface area contributed by atoms with Crippen molar-refractivity contribution in [3.63, 3.8) is 0 Å². The van der Waals surface area contributed by atoms with Gasteiger partial charge in [-0.3, -0.25) is 4.79 Å². The number of hydrogen-bond donors (Lipinski definition) is 3. The molecule has 214 valence electrons. The maximum Gasteiger partial charge on any atom is 0.220 e. The third-order valence-corrected chi connectivity index (χ3v) is 6.55. The normalized spacial score (nSPS) is 13.9. The zero-order valence-corrected chi connectivity index (χ0v) is 24.2. The molecule has 0 fully saturated rings. The van der Waals surface area contributed by atoms with E-state index in [4.69, 9.17) is 0 Å². The Bertz CT molecular complexity index is 609. The van der Waals surface area contributed by atoms with Crippen LogP contribution in [-0.2, 0) is 4.79 Å². The third kappa shape index (κ3) is 25.8. The lowest BCUT2D eigenvalue weighted by atomic mass is 10.1. The Balaban J connectivity index is 3.86. The minimum Gasteiger partial charge on any atom is -0.394 e. The molecule has 0 aliphatic carbocycles. The van der Waals surface area contributed by atoms with Crippen molar-refractivity contribution in [2.75, 3.05) is 6.61 Å². The van der Waals surface area contributed by atoms with E-state index in [2.05, 4.69) is 49.5 Å². The summed E-state index contributed by atoms with van der Waals surface area (Å²) in [5, 5.41) is 22.6. The Kier molecular flexibility index (Phi) is 27.6. The molecule has 4 nitrogen and oxygen atoms in total. The molecular formula is C33H59NO3. The van der Waals surface area contributed by atoms with Gasteiger partial charge in [-0.25, -0.2) is 0 Å². The van der Waals surface area contributed by atoms with E-state index < -0.39 is 12.1 Å². The highest BCUT2D eigenvalue weighted by Gasteiger charge is 2.17. The van der Waals surface area contributed by atoms with Crippen molar-refractivity contribution in [3.05, 3.63) is 48.6 Å². The van der Waals surface area contributed by atoms with E-state index in [0.717, 1.165) is 32.1 Å². The average molecular weight is 518 g/mol. The van der Waals surface area contributed by atoms with Crippen LogP contribution in [0.3, 0.4) is 0 Å². The molecule has 4 heteroatoms. The number of amides is 1. The van der Waals surface area contributed by atoms with Crippen molar-refractivity contribution in [3.8, 4) is 0 Å². The average Bonchev–Trinajstić information content (AvgIpc) is 2.90. The Hall–Kier alpha value is -1.65. The molecule has 0 rings (SSSR count). The van der Waals surface area contributed by atoms with Crippen molar-refractivity contribution in [1.29, 1.82) is 0 Å². The molecule has 0 spiro atoms. The van der Waals surface area contributed by atoms with Gasteiger partial charge in [0.1, 0.15) is 0 Å². The van der Waals surface area contributed by atoms with Gasteiger partial charge in [-0.15, -0.1) is 0 Å². The molecule has 0 aromatic rings. The number of rotatable bonds is 26. The van der Waals surface area contributed by atoms with Crippen LogP contribution in [0, 0.1) is 0 Å². The van der Waals surface area contributed by atoms with Crippen LogP contribution in [0.5, 0.6) is 0 Å². The first-order valence-corrected chi connectivity index (χ1v) is 15.4. The molecule has 2 unspecified atom stereocenters. The van der Waals surface area contributed by atoms with Crippen LogP contribution in [0.25, 0.3) is 0 Å². The SMILES string of the molecule is CCCCCCCC/C=C\C/C=C\CCC(=O)NC(CO)C(O)/C=C/CC/C=C/CCCCCCCC. The number of hydrogen-bond acceptors (Lipinski definition) is 3. The Morgan fingerprint density at radius 3 is 1.73 bits per heavy atom. The highest BCUT2D eigenvalue weighted by atomic mass is 16.3. The molecule has 0 saturated heterocycles. The summed E-state index contributed by atoms with van der Waals surface area (Å²) in [7, 11) is 0. The molecule has 0 aliphatic heterocycles. The molecule has 3 N–H and O–H groups in total. The first kappa shape index (κ1) is 35.4. The number of carbonyl (C=O) groups is 1. The number of unbranched alkanes of at least 4 members (excludes halogenated alkanes) is 13. The highest BCUT2D eigenvalue weighted by Crippen LogP contribution is 2.09. The molecule has 37 heavy (non-hydrogen) atoms. The third-order valence-electron chi connectivity index (χ3n) is 6.55. The minimum absolute atomic E-state index is 0.146. The second-order valence-corrected chi connectivity index (χ2v) is 10.2. The Labute approximate surface area is 229 Å². The molecule has 1 amide bonds. The van der Waals surface area contributed by atoms with Crippen molar-refractivity contribution < 1.29 is 15.0 Å². The zero-order chi connectivity index (χ0) is 27.2. The second-order valence-electron chi connectivity index (χ2n) is 10.2. The highest BCUT2D eigenvalue weighted by molar-refractivity contribution is 5.76. The van der Waals surface area contributed by atoms with E-state index in [9.17, 15) is 15.0 Å². The van der Waals surface area contributed by atoms with E-state index >= 15 is 0 Å². The maximum absolute atomic E-state index is 12.2. The maximum atomic E-state index is 12.2. The standard InChI is InChI=1S/C33H59NO3/c1-3-5-7-9-11-13-15-17-19-21-23-25-27-29-33(37)34-31(30-35)32(36)28-26-24-22-20-18-16-14-12-10-8-6-4-2/h17-20,23,25-26,28,31-32,35-36H,3-16,21-22,24,27,29-30H2,1-2H3,(H,34,37)/b19-17-,20-18+,25-23-,28-26+.